The molecule has 5 heteroatoms. The Bertz CT molecular complexity index is 875. The third-order valence-corrected chi connectivity index (χ3v) is 5.16. The summed E-state index contributed by atoms with van der Waals surface area (Å²) in [6.07, 6.45) is 2.99. The highest BCUT2D eigenvalue weighted by Crippen LogP contribution is 2.32. The number of rotatable bonds is 3. The number of hydrogen-bond donors (Lipinski definition) is 0. The van der Waals surface area contributed by atoms with Crippen LogP contribution in [0.25, 0.3) is 10.7 Å². The van der Waals surface area contributed by atoms with Gasteiger partial charge in [-0.1, -0.05) is 24.3 Å². The fraction of sp³-hybridized carbons (Fsp3) is 0.211. The number of pyridine rings is 1. The molecule has 120 valence electrons. The van der Waals surface area contributed by atoms with Crippen molar-refractivity contribution in [1.82, 2.24) is 9.97 Å². The number of hydrogen-bond acceptors (Lipinski definition) is 4. The minimum Gasteiger partial charge on any atom is -0.309 e. The van der Waals surface area contributed by atoms with Gasteiger partial charge in [0.05, 0.1) is 17.8 Å². The van der Waals surface area contributed by atoms with Gasteiger partial charge >= 0.3 is 0 Å². The molecular weight excluding hydrogens is 318 g/mol. The number of para-hydroxylation sites is 1. The largest absolute Gasteiger partial charge is 0.309 e. The molecule has 3 heterocycles. The lowest BCUT2D eigenvalue weighted by molar-refractivity contribution is -0.118. The molecule has 0 spiro atoms. The minimum absolute atomic E-state index is 0.102. The van der Waals surface area contributed by atoms with E-state index in [0.717, 1.165) is 28.5 Å². The van der Waals surface area contributed by atoms with Crippen molar-refractivity contribution in [1.29, 1.82) is 0 Å². The first-order valence-corrected chi connectivity index (χ1v) is 8.86. The van der Waals surface area contributed by atoms with Crippen LogP contribution in [0.4, 0.5) is 5.69 Å². The molecule has 4 rings (SSSR count). The van der Waals surface area contributed by atoms with Gasteiger partial charge in [-0.2, -0.15) is 0 Å². The van der Waals surface area contributed by atoms with E-state index in [2.05, 4.69) is 23.0 Å². The van der Waals surface area contributed by atoms with Crippen molar-refractivity contribution in [3.8, 4) is 10.7 Å². The zero-order valence-electron chi connectivity index (χ0n) is 13.3. The van der Waals surface area contributed by atoms with Crippen molar-refractivity contribution in [3.05, 3.63) is 65.3 Å². The lowest BCUT2D eigenvalue weighted by Gasteiger charge is -2.22. The molecule has 1 aromatic carbocycles. The zero-order valence-corrected chi connectivity index (χ0v) is 14.2. The normalized spacial score (nSPS) is 16.2. The number of aromatic nitrogens is 2. The molecule has 24 heavy (non-hydrogen) atoms. The Labute approximate surface area is 144 Å². The Morgan fingerprint density at radius 3 is 2.92 bits per heavy atom. The van der Waals surface area contributed by atoms with E-state index < -0.39 is 0 Å². The molecule has 0 N–H and O–H groups in total. The summed E-state index contributed by atoms with van der Waals surface area (Å²) in [6.45, 7) is 2.10. The number of benzene rings is 1. The van der Waals surface area contributed by atoms with Gasteiger partial charge in [0.25, 0.3) is 0 Å². The van der Waals surface area contributed by atoms with Crippen LogP contribution in [0.2, 0.25) is 0 Å². The van der Waals surface area contributed by atoms with Crippen molar-refractivity contribution in [3.63, 3.8) is 0 Å². The summed E-state index contributed by atoms with van der Waals surface area (Å²) in [5, 5.41) is 2.81. The second-order valence-corrected chi connectivity index (χ2v) is 6.84. The van der Waals surface area contributed by atoms with Crippen LogP contribution in [0.5, 0.6) is 0 Å². The van der Waals surface area contributed by atoms with Gasteiger partial charge in [0.2, 0.25) is 5.91 Å². The maximum absolute atomic E-state index is 12.8. The van der Waals surface area contributed by atoms with E-state index in [-0.39, 0.29) is 11.9 Å². The average Bonchev–Trinajstić information content (AvgIpc) is 3.19. The Kier molecular flexibility index (Phi) is 3.86. The molecule has 4 nitrogen and oxygen atoms in total. The predicted molar refractivity (Wildman–Crippen MR) is 96.1 cm³/mol. The summed E-state index contributed by atoms with van der Waals surface area (Å²) in [5.41, 5.74) is 3.93. The second kappa shape index (κ2) is 6.17. The Balaban J connectivity index is 1.54. The van der Waals surface area contributed by atoms with Gasteiger partial charge in [-0.25, -0.2) is 4.98 Å². The first kappa shape index (κ1) is 15.0. The van der Waals surface area contributed by atoms with Crippen molar-refractivity contribution >= 4 is 22.9 Å². The zero-order chi connectivity index (χ0) is 16.5. The van der Waals surface area contributed by atoms with Gasteiger partial charge in [-0.15, -0.1) is 11.3 Å². The molecule has 0 aliphatic carbocycles. The van der Waals surface area contributed by atoms with Gasteiger partial charge in [0.15, 0.2) is 0 Å². The SMILES string of the molecule is C[C@H]1Cc2ccccc2N1C(=O)Cc1csc(-c2ccccn2)n1. The highest BCUT2D eigenvalue weighted by atomic mass is 32.1. The van der Waals surface area contributed by atoms with E-state index in [4.69, 9.17) is 0 Å². The van der Waals surface area contributed by atoms with Gasteiger partial charge in [0.1, 0.15) is 5.01 Å². The molecule has 0 fully saturated rings. The molecule has 1 aliphatic heterocycles. The molecule has 1 aliphatic rings. The minimum atomic E-state index is 0.102. The predicted octanol–water partition coefficient (Wildman–Crippen LogP) is 3.73. The van der Waals surface area contributed by atoms with E-state index in [9.17, 15) is 4.79 Å². The molecule has 0 saturated heterocycles. The smallest absolute Gasteiger partial charge is 0.233 e. The Hall–Kier alpha value is -2.53. The molecule has 0 radical (unpaired) electrons. The van der Waals surface area contributed by atoms with Crippen molar-refractivity contribution < 1.29 is 4.79 Å². The average molecular weight is 335 g/mol. The summed E-state index contributed by atoms with van der Waals surface area (Å²) >= 11 is 1.53. The van der Waals surface area contributed by atoms with E-state index >= 15 is 0 Å². The number of anilines is 1. The summed E-state index contributed by atoms with van der Waals surface area (Å²) < 4.78 is 0. The third-order valence-electron chi connectivity index (χ3n) is 4.24. The first-order chi connectivity index (χ1) is 11.7. The molecule has 1 atom stereocenters. The number of carbonyl (C=O) groups excluding carboxylic acids is 1. The van der Waals surface area contributed by atoms with Crippen LogP contribution in [-0.2, 0) is 17.6 Å². The number of fused-ring (bicyclic) bond motifs is 1. The number of thiazole rings is 1. The van der Waals surface area contributed by atoms with Crippen molar-refractivity contribution in [2.75, 3.05) is 4.90 Å². The van der Waals surface area contributed by atoms with Crippen LogP contribution in [0.3, 0.4) is 0 Å². The van der Waals surface area contributed by atoms with E-state index in [1.165, 1.54) is 16.9 Å². The quantitative estimate of drug-likeness (QED) is 0.733. The molecular formula is C19H17N3OS. The van der Waals surface area contributed by atoms with Crippen LogP contribution >= 0.6 is 11.3 Å². The van der Waals surface area contributed by atoms with Gasteiger partial charge in [-0.3, -0.25) is 9.78 Å². The molecule has 0 saturated carbocycles. The first-order valence-electron chi connectivity index (χ1n) is 7.98. The topological polar surface area (TPSA) is 46.1 Å². The standard InChI is InChI=1S/C19H17N3OS/c1-13-10-14-6-2-3-8-17(14)22(13)18(23)11-15-12-24-19(21-15)16-7-4-5-9-20-16/h2-9,12-13H,10-11H2,1H3/t13-/m0/s1. The fourth-order valence-corrected chi connectivity index (χ4v) is 3.98. The maximum atomic E-state index is 12.8. The second-order valence-electron chi connectivity index (χ2n) is 5.98. The van der Waals surface area contributed by atoms with Gasteiger partial charge in [-0.05, 0) is 37.1 Å². The monoisotopic (exact) mass is 335 g/mol. The van der Waals surface area contributed by atoms with Crippen LogP contribution < -0.4 is 4.90 Å². The van der Waals surface area contributed by atoms with Crippen molar-refractivity contribution in [2.24, 2.45) is 0 Å². The molecule has 0 bridgehead atoms. The summed E-state index contributed by atoms with van der Waals surface area (Å²) in [7, 11) is 0. The lowest BCUT2D eigenvalue weighted by atomic mass is 10.1. The van der Waals surface area contributed by atoms with E-state index in [1.54, 1.807) is 6.20 Å². The summed E-state index contributed by atoms with van der Waals surface area (Å²) in [4.78, 5) is 23.6. The third kappa shape index (κ3) is 2.71. The maximum Gasteiger partial charge on any atom is 0.233 e. The van der Waals surface area contributed by atoms with Crippen molar-refractivity contribution in [2.45, 2.75) is 25.8 Å². The van der Waals surface area contributed by atoms with Crippen LogP contribution in [0.1, 0.15) is 18.2 Å². The molecule has 2 aromatic heterocycles. The lowest BCUT2D eigenvalue weighted by Crippen LogP contribution is -2.36. The molecule has 1 amide bonds. The van der Waals surface area contributed by atoms with Gasteiger partial charge < -0.3 is 4.90 Å². The molecule has 0 unspecified atom stereocenters. The number of carbonyl (C=O) groups is 1. The Morgan fingerprint density at radius 1 is 1.25 bits per heavy atom. The van der Waals surface area contributed by atoms with Crippen LogP contribution in [0.15, 0.2) is 54.0 Å². The molecule has 3 aromatic rings. The van der Waals surface area contributed by atoms with Crippen LogP contribution in [-0.4, -0.2) is 21.9 Å². The number of amides is 1. The van der Waals surface area contributed by atoms with E-state index in [0.29, 0.717) is 6.42 Å². The fourth-order valence-electron chi connectivity index (χ4n) is 3.18. The highest BCUT2D eigenvalue weighted by Gasteiger charge is 2.30. The van der Waals surface area contributed by atoms with Gasteiger partial charge in [0, 0.05) is 23.3 Å². The summed E-state index contributed by atoms with van der Waals surface area (Å²) in [5.74, 6) is 0.102. The highest BCUT2D eigenvalue weighted by molar-refractivity contribution is 7.13. The summed E-state index contributed by atoms with van der Waals surface area (Å²) in [6, 6.07) is 14.1. The van der Waals surface area contributed by atoms with Crippen LogP contribution in [0, 0.1) is 0 Å². The number of nitrogens with zero attached hydrogens (tertiary/aromatic N) is 3. The Morgan fingerprint density at radius 2 is 2.08 bits per heavy atom. The van der Waals surface area contributed by atoms with E-state index in [1.807, 2.05) is 46.7 Å².